The quantitative estimate of drug-likeness (QED) is 0.395. The van der Waals surface area contributed by atoms with Gasteiger partial charge in [0.05, 0.1) is 11.8 Å². The van der Waals surface area contributed by atoms with Crippen molar-refractivity contribution >= 4 is 35.2 Å². The highest BCUT2D eigenvalue weighted by atomic mass is 35.5. The largest absolute Gasteiger partial charge is 0.352 e. The molecule has 8 heteroatoms. The van der Waals surface area contributed by atoms with E-state index in [1.807, 2.05) is 37.3 Å². The molecule has 1 aromatic rings. The Bertz CT molecular complexity index is 994. The van der Waals surface area contributed by atoms with Gasteiger partial charge in [-0.1, -0.05) is 68.1 Å². The van der Waals surface area contributed by atoms with Crippen molar-refractivity contribution in [1.82, 2.24) is 15.1 Å². The molecule has 2 fully saturated rings. The van der Waals surface area contributed by atoms with Gasteiger partial charge >= 0.3 is 0 Å². The van der Waals surface area contributed by atoms with Crippen LogP contribution in [0.15, 0.2) is 36.4 Å². The molecule has 4 amide bonds. The van der Waals surface area contributed by atoms with E-state index in [-0.39, 0.29) is 61.0 Å². The number of likely N-dealkylation sites (tertiary alicyclic amines) is 1. The number of nitrogens with zero attached hydrogens (tertiary/aromatic N) is 2. The third-order valence-corrected chi connectivity index (χ3v) is 8.15. The first-order chi connectivity index (χ1) is 17.4. The Morgan fingerprint density at radius 2 is 1.69 bits per heavy atom. The number of carbonyl (C=O) groups excluding carboxylic acids is 4. The maximum absolute atomic E-state index is 13.6. The Labute approximate surface area is 218 Å². The third-order valence-electron chi connectivity index (χ3n) is 7.78. The standard InChI is InChI=1S/C28H36ClN3O4/c1-2-24(26(34)30-20-11-4-3-5-12-20)32(18-19-10-6-9-15-23(19)29)25(33)16-17-31-27(35)21-13-7-8-14-22(21)28(31)36/h6-10,15,20-22,24H,2-5,11-14,16-18H2,1H3,(H,30,34)/t21-,22+,24-/m0/s1. The van der Waals surface area contributed by atoms with E-state index < -0.39 is 6.04 Å². The number of allylic oxidation sites excluding steroid dienone is 2. The van der Waals surface area contributed by atoms with E-state index in [1.54, 1.807) is 11.0 Å². The van der Waals surface area contributed by atoms with Crippen molar-refractivity contribution in [2.75, 3.05) is 6.54 Å². The van der Waals surface area contributed by atoms with E-state index in [9.17, 15) is 19.2 Å². The molecule has 3 aliphatic rings. The molecule has 36 heavy (non-hydrogen) atoms. The summed E-state index contributed by atoms with van der Waals surface area (Å²) in [7, 11) is 0. The fraction of sp³-hybridized carbons (Fsp3) is 0.571. The normalized spacial score (nSPS) is 22.9. The zero-order chi connectivity index (χ0) is 25.7. The van der Waals surface area contributed by atoms with Crippen LogP contribution in [0, 0.1) is 11.8 Å². The summed E-state index contributed by atoms with van der Waals surface area (Å²) in [5.74, 6) is -1.45. The van der Waals surface area contributed by atoms with Crippen molar-refractivity contribution < 1.29 is 19.2 Å². The van der Waals surface area contributed by atoms with Crippen molar-refractivity contribution in [2.24, 2.45) is 11.8 Å². The Balaban J connectivity index is 1.48. The highest BCUT2D eigenvalue weighted by Crippen LogP contribution is 2.35. The van der Waals surface area contributed by atoms with Crippen LogP contribution in [0.4, 0.5) is 0 Å². The van der Waals surface area contributed by atoms with Crippen molar-refractivity contribution in [3.63, 3.8) is 0 Å². The summed E-state index contributed by atoms with van der Waals surface area (Å²) in [5.41, 5.74) is 0.752. The Kier molecular flexibility index (Phi) is 8.83. The number of nitrogens with one attached hydrogen (secondary N) is 1. The van der Waals surface area contributed by atoms with Crippen LogP contribution in [0.2, 0.25) is 5.02 Å². The molecule has 0 bridgehead atoms. The van der Waals surface area contributed by atoms with Gasteiger partial charge in [0.15, 0.2) is 0 Å². The number of carbonyl (C=O) groups is 4. The van der Waals surface area contributed by atoms with Crippen molar-refractivity contribution in [3.05, 3.63) is 47.0 Å². The lowest BCUT2D eigenvalue weighted by Gasteiger charge is -2.33. The Hall–Kier alpha value is -2.67. The number of hydrogen-bond donors (Lipinski definition) is 1. The Morgan fingerprint density at radius 3 is 2.31 bits per heavy atom. The molecule has 1 aliphatic heterocycles. The number of fused-ring (bicyclic) bond motifs is 1. The van der Waals surface area contributed by atoms with Crippen LogP contribution in [0.25, 0.3) is 0 Å². The van der Waals surface area contributed by atoms with Gasteiger partial charge in [0.1, 0.15) is 6.04 Å². The molecule has 194 valence electrons. The van der Waals surface area contributed by atoms with Crippen molar-refractivity contribution in [2.45, 2.75) is 83.3 Å². The molecular weight excluding hydrogens is 478 g/mol. The van der Waals surface area contributed by atoms with Gasteiger partial charge in [-0.15, -0.1) is 0 Å². The van der Waals surface area contributed by atoms with E-state index >= 15 is 0 Å². The van der Waals surface area contributed by atoms with E-state index in [4.69, 9.17) is 11.6 Å². The predicted octanol–water partition coefficient (Wildman–Crippen LogP) is 4.24. The van der Waals surface area contributed by atoms with E-state index in [0.717, 1.165) is 31.2 Å². The zero-order valence-corrected chi connectivity index (χ0v) is 21.7. The van der Waals surface area contributed by atoms with Crippen molar-refractivity contribution in [3.8, 4) is 0 Å². The van der Waals surface area contributed by atoms with Gasteiger partial charge < -0.3 is 10.2 Å². The summed E-state index contributed by atoms with van der Waals surface area (Å²) in [6, 6.07) is 6.76. The third kappa shape index (κ3) is 5.83. The topological polar surface area (TPSA) is 86.8 Å². The van der Waals surface area contributed by atoms with Crippen LogP contribution in [-0.2, 0) is 25.7 Å². The number of halogens is 1. The highest BCUT2D eigenvalue weighted by molar-refractivity contribution is 6.31. The van der Waals surface area contributed by atoms with Gasteiger partial charge in [0, 0.05) is 30.6 Å². The lowest BCUT2D eigenvalue weighted by Crippen LogP contribution is -2.52. The molecular formula is C28H36ClN3O4. The van der Waals surface area contributed by atoms with Gasteiger partial charge in [-0.25, -0.2) is 0 Å². The van der Waals surface area contributed by atoms with Crippen LogP contribution in [0.5, 0.6) is 0 Å². The molecule has 0 unspecified atom stereocenters. The van der Waals surface area contributed by atoms with Crippen LogP contribution in [0.3, 0.4) is 0 Å². The number of amides is 4. The number of rotatable bonds is 9. The van der Waals surface area contributed by atoms with Gasteiger partial charge in [0.2, 0.25) is 23.6 Å². The summed E-state index contributed by atoms with van der Waals surface area (Å²) < 4.78 is 0. The van der Waals surface area contributed by atoms with E-state index in [2.05, 4.69) is 5.32 Å². The van der Waals surface area contributed by atoms with Crippen LogP contribution in [-0.4, -0.2) is 52.1 Å². The molecule has 2 aliphatic carbocycles. The summed E-state index contributed by atoms with van der Waals surface area (Å²) >= 11 is 6.40. The van der Waals surface area contributed by atoms with Gasteiger partial charge in [0.25, 0.3) is 0 Å². The van der Waals surface area contributed by atoms with E-state index in [1.165, 1.54) is 11.3 Å². The Morgan fingerprint density at radius 1 is 1.06 bits per heavy atom. The maximum atomic E-state index is 13.6. The van der Waals surface area contributed by atoms with Crippen LogP contribution >= 0.6 is 11.6 Å². The average Bonchev–Trinajstić information content (AvgIpc) is 3.13. The lowest BCUT2D eigenvalue weighted by molar-refractivity contribution is -0.144. The summed E-state index contributed by atoms with van der Waals surface area (Å²) in [5, 5.41) is 3.69. The molecule has 0 spiro atoms. The van der Waals surface area contributed by atoms with Gasteiger partial charge in [-0.2, -0.15) is 0 Å². The molecule has 1 aromatic carbocycles. The molecule has 1 saturated carbocycles. The second-order valence-electron chi connectivity index (χ2n) is 10.1. The lowest BCUT2D eigenvalue weighted by atomic mass is 9.85. The highest BCUT2D eigenvalue weighted by Gasteiger charge is 2.47. The predicted molar refractivity (Wildman–Crippen MR) is 138 cm³/mol. The minimum absolute atomic E-state index is 0.0258. The molecule has 0 aromatic heterocycles. The van der Waals surface area contributed by atoms with Crippen molar-refractivity contribution in [1.29, 1.82) is 0 Å². The SMILES string of the molecule is CC[C@@H](C(=O)NC1CCCCC1)N(Cc1ccccc1Cl)C(=O)CCN1C(=O)[C@H]2CC=CC[C@H]2C1=O. The minimum atomic E-state index is -0.660. The second kappa shape index (κ2) is 12.0. The van der Waals surface area contributed by atoms with Crippen LogP contribution in [0.1, 0.15) is 70.3 Å². The monoisotopic (exact) mass is 513 g/mol. The zero-order valence-electron chi connectivity index (χ0n) is 21.0. The van der Waals surface area contributed by atoms with Gasteiger partial charge in [-0.3, -0.25) is 24.1 Å². The number of imide groups is 1. The molecule has 3 atom stereocenters. The van der Waals surface area contributed by atoms with Gasteiger partial charge in [-0.05, 0) is 43.7 Å². The smallest absolute Gasteiger partial charge is 0.243 e. The molecule has 1 N–H and O–H groups in total. The molecule has 1 saturated heterocycles. The number of hydrogen-bond acceptors (Lipinski definition) is 4. The van der Waals surface area contributed by atoms with Crippen LogP contribution < -0.4 is 5.32 Å². The second-order valence-corrected chi connectivity index (χ2v) is 10.5. The first kappa shape index (κ1) is 26.4. The average molecular weight is 514 g/mol. The molecule has 1 heterocycles. The first-order valence-electron chi connectivity index (χ1n) is 13.2. The molecule has 4 rings (SSSR count). The summed E-state index contributed by atoms with van der Waals surface area (Å²) in [4.78, 5) is 55.4. The number of benzene rings is 1. The van der Waals surface area contributed by atoms with E-state index in [0.29, 0.717) is 24.3 Å². The summed E-state index contributed by atoms with van der Waals surface area (Å²) in [6.45, 7) is 2.11. The maximum Gasteiger partial charge on any atom is 0.243 e. The summed E-state index contributed by atoms with van der Waals surface area (Å²) in [6.07, 6.45) is 10.7. The fourth-order valence-electron chi connectivity index (χ4n) is 5.71. The first-order valence-corrected chi connectivity index (χ1v) is 13.6. The molecule has 0 radical (unpaired) electrons. The fourth-order valence-corrected chi connectivity index (χ4v) is 5.91. The minimum Gasteiger partial charge on any atom is -0.352 e. The molecule has 7 nitrogen and oxygen atoms in total.